The third-order valence-electron chi connectivity index (χ3n) is 4.07. The molecule has 1 aliphatic rings. The fourth-order valence-corrected chi connectivity index (χ4v) is 2.60. The molecule has 110 valence electrons. The van der Waals surface area contributed by atoms with Gasteiger partial charge in [-0.1, -0.05) is 0 Å². The first-order chi connectivity index (χ1) is 10.1. The second-order valence-electron chi connectivity index (χ2n) is 5.43. The number of rotatable bonds is 4. The minimum absolute atomic E-state index is 0.224. The summed E-state index contributed by atoms with van der Waals surface area (Å²) in [5.41, 5.74) is 4.40. The smallest absolute Gasteiger partial charge is 0.227 e. The first kappa shape index (κ1) is 13.7. The summed E-state index contributed by atoms with van der Waals surface area (Å²) >= 11 is 0. The largest absolute Gasteiger partial charge is 0.381 e. The number of carbonyl (C=O) groups is 1. The van der Waals surface area contributed by atoms with Gasteiger partial charge in [0.15, 0.2) is 0 Å². The average Bonchev–Trinajstić information content (AvgIpc) is 3.05. The van der Waals surface area contributed by atoms with E-state index in [1.165, 1.54) is 11.3 Å². The highest BCUT2D eigenvalue weighted by Crippen LogP contribution is 2.23. The Morgan fingerprint density at radius 1 is 1.29 bits per heavy atom. The Labute approximate surface area is 124 Å². The summed E-state index contributed by atoms with van der Waals surface area (Å²) in [6.07, 6.45) is 3.51. The van der Waals surface area contributed by atoms with E-state index in [4.69, 9.17) is 0 Å². The van der Waals surface area contributed by atoms with Gasteiger partial charge >= 0.3 is 0 Å². The monoisotopic (exact) mass is 284 g/mol. The molecular weight excluding hydrogens is 264 g/mol. The molecule has 1 aliphatic heterocycles. The van der Waals surface area contributed by atoms with Gasteiger partial charge in [-0.3, -0.25) is 9.48 Å². The van der Waals surface area contributed by atoms with Crippen molar-refractivity contribution >= 4 is 17.3 Å². The molecule has 1 amide bonds. The molecule has 0 radical (unpaired) electrons. The SMILES string of the molecule is Cc1c(CNc2ccc(N3CCCC3=O)cc2)cnn1C. The van der Waals surface area contributed by atoms with Crippen LogP contribution >= 0.6 is 0 Å². The summed E-state index contributed by atoms with van der Waals surface area (Å²) in [4.78, 5) is 13.6. The number of hydrogen-bond acceptors (Lipinski definition) is 3. The second-order valence-corrected chi connectivity index (χ2v) is 5.43. The van der Waals surface area contributed by atoms with Crippen LogP contribution in [0, 0.1) is 6.92 Å². The third kappa shape index (κ3) is 2.77. The van der Waals surface area contributed by atoms with Crippen molar-refractivity contribution in [2.24, 2.45) is 7.05 Å². The standard InChI is InChI=1S/C16H20N4O/c1-12-13(11-18-19(12)2)10-17-14-5-7-15(8-6-14)20-9-3-4-16(20)21/h5-8,11,17H,3-4,9-10H2,1-2H3. The predicted octanol–water partition coefficient (Wildman–Crippen LogP) is 2.47. The Morgan fingerprint density at radius 2 is 2.05 bits per heavy atom. The zero-order chi connectivity index (χ0) is 14.8. The normalized spacial score (nSPS) is 14.8. The first-order valence-corrected chi connectivity index (χ1v) is 7.27. The maximum atomic E-state index is 11.7. The van der Waals surface area contributed by atoms with Gasteiger partial charge in [-0.05, 0) is 37.6 Å². The highest BCUT2D eigenvalue weighted by Gasteiger charge is 2.21. The minimum atomic E-state index is 0.224. The van der Waals surface area contributed by atoms with Crippen molar-refractivity contribution in [2.75, 3.05) is 16.8 Å². The number of carbonyl (C=O) groups excluding carboxylic acids is 1. The van der Waals surface area contributed by atoms with Gasteiger partial charge in [0.05, 0.1) is 6.20 Å². The summed E-state index contributed by atoms with van der Waals surface area (Å²) < 4.78 is 1.87. The lowest BCUT2D eigenvalue weighted by atomic mass is 10.2. The van der Waals surface area contributed by atoms with E-state index >= 15 is 0 Å². The van der Waals surface area contributed by atoms with Crippen LogP contribution in [0.4, 0.5) is 11.4 Å². The van der Waals surface area contributed by atoms with E-state index in [1.807, 2.05) is 47.1 Å². The van der Waals surface area contributed by atoms with Crippen LogP contribution < -0.4 is 10.2 Å². The Bertz CT molecular complexity index is 645. The number of nitrogens with one attached hydrogen (secondary N) is 1. The molecule has 0 aliphatic carbocycles. The van der Waals surface area contributed by atoms with Crippen LogP contribution in [0.3, 0.4) is 0 Å². The molecule has 2 heterocycles. The second kappa shape index (κ2) is 5.60. The van der Waals surface area contributed by atoms with Crippen LogP contribution in [-0.2, 0) is 18.4 Å². The predicted molar refractivity (Wildman–Crippen MR) is 83.3 cm³/mol. The Hall–Kier alpha value is -2.30. The molecule has 1 aromatic carbocycles. The van der Waals surface area contributed by atoms with Gasteiger partial charge in [0, 0.05) is 49.2 Å². The lowest BCUT2D eigenvalue weighted by Gasteiger charge is -2.16. The highest BCUT2D eigenvalue weighted by molar-refractivity contribution is 5.95. The minimum Gasteiger partial charge on any atom is -0.381 e. The van der Waals surface area contributed by atoms with Gasteiger partial charge in [-0.15, -0.1) is 0 Å². The van der Waals surface area contributed by atoms with Crippen LogP contribution in [0.2, 0.25) is 0 Å². The molecule has 1 saturated heterocycles. The van der Waals surface area contributed by atoms with Crippen LogP contribution in [0.25, 0.3) is 0 Å². The summed E-state index contributed by atoms with van der Waals surface area (Å²) in [7, 11) is 1.95. The number of hydrogen-bond donors (Lipinski definition) is 1. The molecule has 3 rings (SSSR count). The lowest BCUT2D eigenvalue weighted by molar-refractivity contribution is -0.117. The van der Waals surface area contributed by atoms with Crippen molar-refractivity contribution in [1.82, 2.24) is 9.78 Å². The fraction of sp³-hybridized carbons (Fsp3) is 0.375. The molecule has 0 spiro atoms. The first-order valence-electron chi connectivity index (χ1n) is 7.27. The molecule has 0 unspecified atom stereocenters. The summed E-state index contributed by atoms with van der Waals surface area (Å²) in [6.45, 7) is 3.65. The van der Waals surface area contributed by atoms with E-state index in [0.717, 1.165) is 30.9 Å². The van der Waals surface area contributed by atoms with E-state index in [-0.39, 0.29) is 5.91 Å². The van der Waals surface area contributed by atoms with Crippen molar-refractivity contribution in [3.8, 4) is 0 Å². The van der Waals surface area contributed by atoms with Gasteiger partial charge in [0.2, 0.25) is 5.91 Å². The number of anilines is 2. The molecule has 0 atom stereocenters. The van der Waals surface area contributed by atoms with Crippen LogP contribution in [0.5, 0.6) is 0 Å². The molecule has 1 fully saturated rings. The summed E-state index contributed by atoms with van der Waals surface area (Å²) in [5.74, 6) is 0.224. The Morgan fingerprint density at radius 3 is 2.62 bits per heavy atom. The van der Waals surface area contributed by atoms with Crippen LogP contribution in [0.15, 0.2) is 30.5 Å². The highest BCUT2D eigenvalue weighted by atomic mass is 16.2. The van der Waals surface area contributed by atoms with Crippen molar-refractivity contribution in [2.45, 2.75) is 26.3 Å². The molecule has 0 saturated carbocycles. The molecule has 21 heavy (non-hydrogen) atoms. The number of amides is 1. The van der Waals surface area contributed by atoms with E-state index in [9.17, 15) is 4.79 Å². The number of aromatic nitrogens is 2. The maximum absolute atomic E-state index is 11.7. The lowest BCUT2D eigenvalue weighted by Crippen LogP contribution is -2.23. The van der Waals surface area contributed by atoms with E-state index in [0.29, 0.717) is 6.42 Å². The topological polar surface area (TPSA) is 50.2 Å². The van der Waals surface area contributed by atoms with Gasteiger partial charge < -0.3 is 10.2 Å². The summed E-state index contributed by atoms with van der Waals surface area (Å²) in [6, 6.07) is 8.04. The molecule has 5 heteroatoms. The molecular formula is C16H20N4O. The maximum Gasteiger partial charge on any atom is 0.227 e. The van der Waals surface area contributed by atoms with Gasteiger partial charge in [-0.2, -0.15) is 5.10 Å². The van der Waals surface area contributed by atoms with Crippen molar-refractivity contribution < 1.29 is 4.79 Å². The zero-order valence-electron chi connectivity index (χ0n) is 12.5. The number of nitrogens with zero attached hydrogens (tertiary/aromatic N) is 3. The van der Waals surface area contributed by atoms with Crippen LogP contribution in [-0.4, -0.2) is 22.2 Å². The van der Waals surface area contributed by atoms with Gasteiger partial charge in [-0.25, -0.2) is 0 Å². The van der Waals surface area contributed by atoms with E-state index in [1.54, 1.807) is 0 Å². The summed E-state index contributed by atoms with van der Waals surface area (Å²) in [5, 5.41) is 7.62. The van der Waals surface area contributed by atoms with Gasteiger partial charge in [0.1, 0.15) is 0 Å². The molecule has 2 aromatic rings. The Balaban J connectivity index is 1.64. The third-order valence-corrected chi connectivity index (χ3v) is 4.07. The van der Waals surface area contributed by atoms with Crippen molar-refractivity contribution in [3.05, 3.63) is 41.7 Å². The van der Waals surface area contributed by atoms with Gasteiger partial charge in [0.25, 0.3) is 0 Å². The zero-order valence-corrected chi connectivity index (χ0v) is 12.5. The van der Waals surface area contributed by atoms with Crippen LogP contribution in [0.1, 0.15) is 24.1 Å². The van der Waals surface area contributed by atoms with E-state index < -0.39 is 0 Å². The van der Waals surface area contributed by atoms with E-state index in [2.05, 4.69) is 17.3 Å². The molecule has 1 N–H and O–H groups in total. The average molecular weight is 284 g/mol. The molecule has 1 aromatic heterocycles. The number of benzene rings is 1. The van der Waals surface area contributed by atoms with Crippen molar-refractivity contribution in [3.63, 3.8) is 0 Å². The van der Waals surface area contributed by atoms with Crippen molar-refractivity contribution in [1.29, 1.82) is 0 Å². The molecule has 0 bridgehead atoms. The fourth-order valence-electron chi connectivity index (χ4n) is 2.60. The quantitative estimate of drug-likeness (QED) is 0.938. The Kier molecular flexibility index (Phi) is 3.64. The number of aryl methyl sites for hydroxylation is 1. The molecule has 5 nitrogen and oxygen atoms in total.